The Labute approximate surface area is 196 Å². The number of alkyl halides is 3. The third kappa shape index (κ3) is 6.91. The van der Waals surface area contributed by atoms with E-state index in [0.29, 0.717) is 22.2 Å². The molecule has 0 saturated carbocycles. The van der Waals surface area contributed by atoms with Gasteiger partial charge in [0.1, 0.15) is 5.75 Å². The van der Waals surface area contributed by atoms with Crippen LogP contribution in [0.25, 0.3) is 0 Å². The molecule has 0 aliphatic heterocycles. The van der Waals surface area contributed by atoms with Gasteiger partial charge in [-0.3, -0.25) is 9.59 Å². The second-order valence-corrected chi connectivity index (χ2v) is 7.13. The number of ether oxygens (including phenoxy) is 1. The summed E-state index contributed by atoms with van der Waals surface area (Å²) in [6, 6.07) is 16.1. The van der Waals surface area contributed by atoms with E-state index in [1.54, 1.807) is 24.3 Å². The van der Waals surface area contributed by atoms with Crippen molar-refractivity contribution in [1.82, 2.24) is 5.43 Å². The first kappa shape index (κ1) is 24.5. The van der Waals surface area contributed by atoms with Crippen molar-refractivity contribution in [2.45, 2.75) is 6.18 Å². The summed E-state index contributed by atoms with van der Waals surface area (Å²) in [6.45, 7) is 0. The molecule has 0 heterocycles. The number of benzene rings is 3. The minimum atomic E-state index is -4.59. The summed E-state index contributed by atoms with van der Waals surface area (Å²) in [5.41, 5.74) is 1.64. The number of carbonyl (C=O) groups excluding carboxylic acids is 3. The van der Waals surface area contributed by atoms with E-state index in [0.717, 1.165) is 12.1 Å². The van der Waals surface area contributed by atoms with Crippen LogP contribution in [0.3, 0.4) is 0 Å². The summed E-state index contributed by atoms with van der Waals surface area (Å²) in [4.78, 5) is 35.8. The van der Waals surface area contributed by atoms with E-state index in [-0.39, 0.29) is 11.4 Å². The van der Waals surface area contributed by atoms with Crippen LogP contribution in [-0.2, 0) is 15.8 Å². The summed E-state index contributed by atoms with van der Waals surface area (Å²) in [5, 5.41) is 6.17. The Morgan fingerprint density at radius 3 is 2.24 bits per heavy atom. The topological polar surface area (TPSA) is 96.9 Å². The third-order valence-corrected chi connectivity index (χ3v) is 4.46. The number of nitrogens with zero attached hydrogens (tertiary/aromatic N) is 1. The predicted octanol–water partition coefficient (Wildman–Crippen LogP) is 4.67. The zero-order valence-corrected chi connectivity index (χ0v) is 17.9. The Balaban J connectivity index is 1.51. The molecule has 3 rings (SSSR count). The van der Waals surface area contributed by atoms with Crippen molar-refractivity contribution >= 4 is 41.3 Å². The van der Waals surface area contributed by atoms with Gasteiger partial charge in [0.2, 0.25) is 0 Å². The molecule has 11 heteroatoms. The molecule has 2 N–H and O–H groups in total. The molecule has 0 saturated heterocycles. The highest BCUT2D eigenvalue weighted by atomic mass is 35.5. The lowest BCUT2D eigenvalue weighted by Gasteiger charge is -2.09. The minimum Gasteiger partial charge on any atom is -0.423 e. The van der Waals surface area contributed by atoms with Crippen LogP contribution < -0.4 is 15.5 Å². The van der Waals surface area contributed by atoms with Crippen molar-refractivity contribution in [3.63, 3.8) is 0 Å². The molecule has 0 aromatic heterocycles. The number of rotatable bonds is 5. The second kappa shape index (κ2) is 10.6. The Hall–Kier alpha value is -4.18. The van der Waals surface area contributed by atoms with Crippen molar-refractivity contribution in [2.75, 3.05) is 5.32 Å². The van der Waals surface area contributed by atoms with E-state index in [9.17, 15) is 27.6 Å². The van der Waals surface area contributed by atoms with Gasteiger partial charge >= 0.3 is 24.0 Å². The molecule has 0 aliphatic carbocycles. The maximum absolute atomic E-state index is 12.7. The quantitative estimate of drug-likeness (QED) is 0.179. The van der Waals surface area contributed by atoms with Crippen LogP contribution in [0.1, 0.15) is 21.5 Å². The van der Waals surface area contributed by atoms with Gasteiger partial charge in [-0.05, 0) is 72.3 Å². The molecule has 3 aromatic rings. The highest BCUT2D eigenvalue weighted by Crippen LogP contribution is 2.30. The molecule has 3 aromatic carbocycles. The molecule has 7 nitrogen and oxygen atoms in total. The SMILES string of the molecule is O=C(N/N=C/c1ccc(OC(=O)c2ccc(Cl)cc2)cc1)C(=O)Nc1cccc(C(F)(F)F)c1. The van der Waals surface area contributed by atoms with Gasteiger partial charge in [-0.15, -0.1) is 0 Å². The zero-order chi connectivity index (χ0) is 24.7. The van der Waals surface area contributed by atoms with Gasteiger partial charge in [0.15, 0.2) is 0 Å². The molecular weight excluding hydrogens is 475 g/mol. The van der Waals surface area contributed by atoms with Crippen LogP contribution in [0, 0.1) is 0 Å². The van der Waals surface area contributed by atoms with E-state index in [1.165, 1.54) is 36.5 Å². The second-order valence-electron chi connectivity index (χ2n) is 6.70. The van der Waals surface area contributed by atoms with Crippen LogP contribution in [0.5, 0.6) is 5.75 Å². The first-order chi connectivity index (χ1) is 16.1. The molecule has 0 fully saturated rings. The number of nitrogens with one attached hydrogen (secondary N) is 2. The maximum Gasteiger partial charge on any atom is 0.416 e. The molecular formula is C23H15ClF3N3O4. The molecule has 0 spiro atoms. The van der Waals surface area contributed by atoms with Crippen LogP contribution in [0.4, 0.5) is 18.9 Å². The molecule has 0 atom stereocenters. The van der Waals surface area contributed by atoms with Gasteiger partial charge in [0, 0.05) is 10.7 Å². The van der Waals surface area contributed by atoms with Crippen LogP contribution in [0.2, 0.25) is 5.02 Å². The number of halogens is 4. The highest BCUT2D eigenvalue weighted by Gasteiger charge is 2.30. The molecule has 0 radical (unpaired) electrons. The van der Waals surface area contributed by atoms with E-state index < -0.39 is 29.5 Å². The first-order valence-corrected chi connectivity index (χ1v) is 9.89. The number of hydrogen-bond acceptors (Lipinski definition) is 5. The van der Waals surface area contributed by atoms with Gasteiger partial charge in [-0.1, -0.05) is 17.7 Å². The van der Waals surface area contributed by atoms with Crippen molar-refractivity contribution < 1.29 is 32.3 Å². The van der Waals surface area contributed by atoms with Gasteiger partial charge in [0.25, 0.3) is 0 Å². The fraction of sp³-hybridized carbons (Fsp3) is 0.0435. The van der Waals surface area contributed by atoms with Crippen LogP contribution in [0.15, 0.2) is 77.9 Å². The Bertz CT molecular complexity index is 1230. The van der Waals surface area contributed by atoms with E-state index >= 15 is 0 Å². The van der Waals surface area contributed by atoms with E-state index in [1.807, 2.05) is 5.43 Å². The normalized spacial score (nSPS) is 11.2. The number of hydrazone groups is 1. The van der Waals surface area contributed by atoms with Gasteiger partial charge in [-0.25, -0.2) is 10.2 Å². The van der Waals surface area contributed by atoms with Crippen molar-refractivity contribution in [1.29, 1.82) is 0 Å². The molecule has 34 heavy (non-hydrogen) atoms. The van der Waals surface area contributed by atoms with Crippen LogP contribution >= 0.6 is 11.6 Å². The third-order valence-electron chi connectivity index (χ3n) is 4.20. The zero-order valence-electron chi connectivity index (χ0n) is 17.1. The summed E-state index contributed by atoms with van der Waals surface area (Å²) >= 11 is 5.78. The van der Waals surface area contributed by atoms with Crippen molar-refractivity contribution in [2.24, 2.45) is 5.10 Å². The van der Waals surface area contributed by atoms with Crippen molar-refractivity contribution in [3.8, 4) is 5.75 Å². The minimum absolute atomic E-state index is 0.192. The summed E-state index contributed by atoms with van der Waals surface area (Å²) in [7, 11) is 0. The molecule has 0 aliphatic rings. The van der Waals surface area contributed by atoms with Gasteiger partial charge < -0.3 is 10.1 Å². The molecule has 174 valence electrons. The standard InChI is InChI=1S/C23H15ClF3N3O4/c24-17-8-6-15(7-9-17)22(33)34-19-10-4-14(5-11-19)13-28-30-21(32)20(31)29-18-3-1-2-16(12-18)23(25,26)27/h1-13H,(H,29,31)(H,30,32)/b28-13+. The average Bonchev–Trinajstić information content (AvgIpc) is 2.80. The Kier molecular flexibility index (Phi) is 7.64. The Morgan fingerprint density at radius 2 is 1.59 bits per heavy atom. The number of esters is 1. The fourth-order valence-corrected chi connectivity index (χ4v) is 2.68. The Morgan fingerprint density at radius 1 is 0.912 bits per heavy atom. The summed E-state index contributed by atoms with van der Waals surface area (Å²) in [5.74, 6) is -2.68. The smallest absolute Gasteiger partial charge is 0.416 e. The highest BCUT2D eigenvalue weighted by molar-refractivity contribution is 6.39. The predicted molar refractivity (Wildman–Crippen MR) is 119 cm³/mol. The largest absolute Gasteiger partial charge is 0.423 e. The van der Waals surface area contributed by atoms with E-state index in [2.05, 4.69) is 10.4 Å². The van der Waals surface area contributed by atoms with Gasteiger partial charge in [-0.2, -0.15) is 18.3 Å². The van der Waals surface area contributed by atoms with Crippen LogP contribution in [-0.4, -0.2) is 24.0 Å². The fourth-order valence-electron chi connectivity index (χ4n) is 2.55. The van der Waals surface area contributed by atoms with E-state index in [4.69, 9.17) is 16.3 Å². The molecule has 2 amide bonds. The summed E-state index contributed by atoms with van der Waals surface area (Å²) < 4.78 is 43.4. The molecule has 0 bridgehead atoms. The lowest BCUT2D eigenvalue weighted by atomic mass is 10.2. The average molecular weight is 490 g/mol. The monoisotopic (exact) mass is 489 g/mol. The lowest BCUT2D eigenvalue weighted by molar-refractivity contribution is -0.137. The number of amides is 2. The number of carbonyl (C=O) groups is 3. The van der Waals surface area contributed by atoms with Gasteiger partial charge in [0.05, 0.1) is 17.3 Å². The number of anilines is 1. The first-order valence-electron chi connectivity index (χ1n) is 9.51. The maximum atomic E-state index is 12.7. The number of hydrogen-bond donors (Lipinski definition) is 2. The summed E-state index contributed by atoms with van der Waals surface area (Å²) in [6.07, 6.45) is -3.36. The molecule has 0 unspecified atom stereocenters. The lowest BCUT2D eigenvalue weighted by Crippen LogP contribution is -2.32. The van der Waals surface area contributed by atoms with Crippen molar-refractivity contribution in [3.05, 3.63) is 94.5 Å².